The van der Waals surface area contributed by atoms with E-state index in [-0.39, 0.29) is 11.9 Å². The van der Waals surface area contributed by atoms with Crippen molar-refractivity contribution in [2.24, 2.45) is 0 Å². The molecule has 0 radical (unpaired) electrons. The Morgan fingerprint density at radius 2 is 1.81 bits per heavy atom. The van der Waals surface area contributed by atoms with Gasteiger partial charge in [-0.2, -0.15) is 0 Å². The molecule has 27 heavy (non-hydrogen) atoms. The third-order valence-corrected chi connectivity index (χ3v) is 6.18. The third kappa shape index (κ3) is 4.74. The average molecular weight is 394 g/mol. The van der Waals surface area contributed by atoms with E-state index in [4.69, 9.17) is 11.6 Å². The van der Waals surface area contributed by atoms with Crippen LogP contribution in [0.1, 0.15) is 39.0 Å². The number of carbonyl (C=O) groups excluding carboxylic acids is 2. The summed E-state index contributed by atoms with van der Waals surface area (Å²) in [6.07, 6.45) is 4.42. The summed E-state index contributed by atoms with van der Waals surface area (Å²) in [5, 5.41) is 6.30. The summed E-state index contributed by atoms with van der Waals surface area (Å²) in [7, 11) is 0. The monoisotopic (exact) mass is 393 g/mol. The van der Waals surface area contributed by atoms with Crippen molar-refractivity contribution in [3.8, 4) is 0 Å². The van der Waals surface area contributed by atoms with Crippen LogP contribution < -0.4 is 15.5 Å². The molecule has 1 heterocycles. The minimum atomic E-state index is -0.798. The predicted molar refractivity (Wildman–Crippen MR) is 107 cm³/mol. The summed E-state index contributed by atoms with van der Waals surface area (Å²) < 4.78 is 0. The molecule has 0 unspecified atom stereocenters. The van der Waals surface area contributed by atoms with Crippen LogP contribution >= 0.6 is 11.6 Å². The standard InChI is InChI=1S/C20H29ClN4O2/c1-2-24-12-14-25(15-13-24)18(26)20(10-6-3-7-11-20)23-19(27)22-17-9-5-4-8-16(17)21/h4-5,8-9H,2-3,6-7,10-15H2,1H3,(H2,22,23,27)/p+1. The molecule has 2 aliphatic rings. The van der Waals surface area contributed by atoms with Gasteiger partial charge in [-0.05, 0) is 31.9 Å². The fourth-order valence-corrected chi connectivity index (χ4v) is 4.35. The number of likely N-dealkylation sites (N-methyl/N-ethyl adjacent to an activating group) is 1. The topological polar surface area (TPSA) is 65.9 Å². The van der Waals surface area contributed by atoms with Crippen molar-refractivity contribution in [3.63, 3.8) is 0 Å². The van der Waals surface area contributed by atoms with Crippen LogP contribution in [0.15, 0.2) is 24.3 Å². The summed E-state index contributed by atoms with van der Waals surface area (Å²) in [5.41, 5.74) is -0.247. The first kappa shape index (κ1) is 20.0. The number of hydrogen-bond donors (Lipinski definition) is 3. The van der Waals surface area contributed by atoms with E-state index in [9.17, 15) is 9.59 Å². The van der Waals surface area contributed by atoms with E-state index < -0.39 is 5.54 Å². The molecule has 2 fully saturated rings. The Morgan fingerprint density at radius 3 is 2.44 bits per heavy atom. The summed E-state index contributed by atoms with van der Waals surface area (Å²) in [5.74, 6) is 0.0756. The van der Waals surface area contributed by atoms with Crippen molar-refractivity contribution < 1.29 is 14.5 Å². The molecule has 6 nitrogen and oxygen atoms in total. The van der Waals surface area contributed by atoms with Gasteiger partial charge in [-0.15, -0.1) is 0 Å². The van der Waals surface area contributed by atoms with Gasteiger partial charge in [0.05, 0.1) is 43.4 Å². The lowest BCUT2D eigenvalue weighted by atomic mass is 9.80. The summed E-state index contributed by atoms with van der Waals surface area (Å²) >= 11 is 6.14. The highest BCUT2D eigenvalue weighted by Crippen LogP contribution is 2.30. The van der Waals surface area contributed by atoms with Crippen molar-refractivity contribution >= 4 is 29.2 Å². The molecule has 1 aliphatic heterocycles. The zero-order chi connectivity index (χ0) is 19.3. The Hall–Kier alpha value is -1.79. The second kappa shape index (κ2) is 8.93. The Kier molecular flexibility index (Phi) is 6.60. The van der Waals surface area contributed by atoms with E-state index in [0.717, 1.165) is 52.0 Å². The minimum Gasteiger partial charge on any atom is -0.332 e. The fourth-order valence-electron chi connectivity index (χ4n) is 4.16. The maximum absolute atomic E-state index is 13.4. The molecule has 0 aromatic heterocycles. The summed E-state index contributed by atoms with van der Waals surface area (Å²) in [4.78, 5) is 29.5. The van der Waals surface area contributed by atoms with Gasteiger partial charge in [0.15, 0.2) is 0 Å². The fraction of sp³-hybridized carbons (Fsp3) is 0.600. The maximum atomic E-state index is 13.4. The lowest BCUT2D eigenvalue weighted by Crippen LogP contribution is -3.14. The number of nitrogens with one attached hydrogen (secondary N) is 3. The maximum Gasteiger partial charge on any atom is 0.320 e. The van der Waals surface area contributed by atoms with Crippen molar-refractivity contribution in [3.05, 3.63) is 29.3 Å². The molecule has 7 heteroatoms. The molecule has 0 atom stereocenters. The Morgan fingerprint density at radius 1 is 1.15 bits per heavy atom. The molecule has 0 spiro atoms. The van der Waals surface area contributed by atoms with E-state index in [1.54, 1.807) is 12.1 Å². The van der Waals surface area contributed by atoms with Crippen LogP contribution in [0.25, 0.3) is 0 Å². The molecule has 1 aromatic carbocycles. The van der Waals surface area contributed by atoms with Crippen LogP contribution in [-0.4, -0.2) is 55.1 Å². The molecule has 1 saturated heterocycles. The van der Waals surface area contributed by atoms with Crippen LogP contribution in [-0.2, 0) is 4.79 Å². The SMILES string of the molecule is CC[NH+]1CCN(C(=O)C2(NC(=O)Nc3ccccc3Cl)CCCCC2)CC1. The number of amides is 3. The highest BCUT2D eigenvalue weighted by Gasteiger charge is 2.44. The van der Waals surface area contributed by atoms with Crippen molar-refractivity contribution in [1.29, 1.82) is 0 Å². The van der Waals surface area contributed by atoms with Gasteiger partial charge in [0.2, 0.25) is 5.91 Å². The zero-order valence-corrected chi connectivity index (χ0v) is 16.8. The van der Waals surface area contributed by atoms with Crippen molar-refractivity contribution in [2.75, 3.05) is 38.0 Å². The quantitative estimate of drug-likeness (QED) is 0.731. The average Bonchev–Trinajstić information content (AvgIpc) is 2.70. The van der Waals surface area contributed by atoms with Crippen LogP contribution in [0.4, 0.5) is 10.5 Å². The Labute approximate surface area is 166 Å². The molecule has 1 saturated carbocycles. The van der Waals surface area contributed by atoms with Gasteiger partial charge in [0.25, 0.3) is 0 Å². The molecule has 1 aromatic rings. The van der Waals surface area contributed by atoms with E-state index >= 15 is 0 Å². The van der Waals surface area contributed by atoms with Gasteiger partial charge in [0, 0.05) is 0 Å². The number of anilines is 1. The number of para-hydroxylation sites is 1. The van der Waals surface area contributed by atoms with E-state index in [0.29, 0.717) is 23.6 Å². The summed E-state index contributed by atoms with van der Waals surface area (Å²) in [6, 6.07) is 6.75. The van der Waals surface area contributed by atoms with Crippen LogP contribution in [0.2, 0.25) is 5.02 Å². The van der Waals surface area contributed by atoms with E-state index in [1.807, 2.05) is 17.0 Å². The van der Waals surface area contributed by atoms with Gasteiger partial charge in [0.1, 0.15) is 5.54 Å². The predicted octanol–water partition coefficient (Wildman–Crippen LogP) is 1.91. The number of urea groups is 1. The largest absolute Gasteiger partial charge is 0.332 e. The Bertz CT molecular complexity index is 668. The number of rotatable bonds is 4. The molecule has 3 rings (SSSR count). The number of benzene rings is 1. The summed E-state index contributed by atoms with van der Waals surface area (Å²) in [6.45, 7) is 6.74. The van der Waals surface area contributed by atoms with Gasteiger partial charge < -0.3 is 20.4 Å². The third-order valence-electron chi connectivity index (χ3n) is 5.85. The molecule has 0 bridgehead atoms. The first-order chi connectivity index (χ1) is 13.0. The second-order valence-electron chi connectivity index (χ2n) is 7.60. The lowest BCUT2D eigenvalue weighted by Gasteiger charge is -2.42. The number of piperazine rings is 1. The molecular formula is C20H30ClN4O2+. The number of quaternary nitrogens is 1. The molecule has 3 amide bonds. The van der Waals surface area contributed by atoms with E-state index in [2.05, 4.69) is 17.6 Å². The minimum absolute atomic E-state index is 0.0756. The molecule has 148 valence electrons. The van der Waals surface area contributed by atoms with Crippen LogP contribution in [0.3, 0.4) is 0 Å². The molecule has 1 aliphatic carbocycles. The second-order valence-corrected chi connectivity index (χ2v) is 8.00. The highest BCUT2D eigenvalue weighted by molar-refractivity contribution is 6.33. The number of halogens is 1. The smallest absolute Gasteiger partial charge is 0.320 e. The molecule has 3 N–H and O–H groups in total. The van der Waals surface area contributed by atoms with Gasteiger partial charge in [-0.1, -0.05) is 43.0 Å². The first-order valence-electron chi connectivity index (χ1n) is 10.0. The van der Waals surface area contributed by atoms with Gasteiger partial charge >= 0.3 is 6.03 Å². The van der Waals surface area contributed by atoms with Crippen molar-refractivity contribution in [2.45, 2.75) is 44.6 Å². The zero-order valence-electron chi connectivity index (χ0n) is 16.0. The van der Waals surface area contributed by atoms with Gasteiger partial charge in [-0.3, -0.25) is 4.79 Å². The highest BCUT2D eigenvalue weighted by atomic mass is 35.5. The number of carbonyl (C=O) groups is 2. The van der Waals surface area contributed by atoms with Crippen LogP contribution in [0.5, 0.6) is 0 Å². The first-order valence-corrected chi connectivity index (χ1v) is 10.4. The normalized spacial score (nSPS) is 20.1. The Balaban J connectivity index is 1.70. The number of hydrogen-bond acceptors (Lipinski definition) is 2. The molecular weight excluding hydrogens is 364 g/mol. The number of nitrogens with zero attached hydrogens (tertiary/aromatic N) is 1. The van der Waals surface area contributed by atoms with E-state index in [1.165, 1.54) is 4.90 Å². The van der Waals surface area contributed by atoms with Crippen LogP contribution in [0, 0.1) is 0 Å². The van der Waals surface area contributed by atoms with Gasteiger partial charge in [-0.25, -0.2) is 4.79 Å². The lowest BCUT2D eigenvalue weighted by molar-refractivity contribution is -0.902. The van der Waals surface area contributed by atoms with Crippen molar-refractivity contribution in [1.82, 2.24) is 10.2 Å².